The van der Waals surface area contributed by atoms with Gasteiger partial charge >= 0.3 is 6.01 Å². The molecule has 1 N–H and O–H groups in total. The van der Waals surface area contributed by atoms with Crippen molar-refractivity contribution in [2.45, 2.75) is 13.8 Å². The highest BCUT2D eigenvalue weighted by atomic mass is 16.5. The average molecular weight is 234 g/mol. The summed E-state index contributed by atoms with van der Waals surface area (Å²) in [7, 11) is 0. The fourth-order valence-electron chi connectivity index (χ4n) is 1.30. The van der Waals surface area contributed by atoms with E-state index < -0.39 is 0 Å². The highest BCUT2D eigenvalue weighted by Gasteiger charge is 2.10. The molecule has 0 bridgehead atoms. The highest BCUT2D eigenvalue weighted by molar-refractivity contribution is 5.49. The third-order valence-corrected chi connectivity index (χ3v) is 1.96. The lowest BCUT2D eigenvalue weighted by Gasteiger charge is -2.06. The van der Waals surface area contributed by atoms with Crippen molar-refractivity contribution in [3.8, 4) is 17.6 Å². The molecule has 0 aliphatic heterocycles. The number of anilines is 1. The summed E-state index contributed by atoms with van der Waals surface area (Å²) in [5.41, 5.74) is 0. The Labute approximate surface area is 99.1 Å². The van der Waals surface area contributed by atoms with Gasteiger partial charge in [0.1, 0.15) is 0 Å². The van der Waals surface area contributed by atoms with Crippen LogP contribution in [0.15, 0.2) is 22.8 Å². The van der Waals surface area contributed by atoms with E-state index in [1.54, 1.807) is 18.4 Å². The molecule has 0 aliphatic carbocycles. The maximum atomic E-state index is 5.29. The average Bonchev–Trinajstić information content (AvgIpc) is 2.83. The second-order valence-corrected chi connectivity index (χ2v) is 3.21. The molecule has 2 heterocycles. The molecular weight excluding hydrogens is 220 g/mol. The minimum absolute atomic E-state index is 0.296. The second kappa shape index (κ2) is 5.29. The number of ether oxygens (including phenoxy) is 1. The van der Waals surface area contributed by atoms with Gasteiger partial charge in [0.2, 0.25) is 11.8 Å². The fourth-order valence-corrected chi connectivity index (χ4v) is 1.30. The number of rotatable bonds is 5. The van der Waals surface area contributed by atoms with E-state index in [9.17, 15) is 0 Å². The molecule has 0 fully saturated rings. The summed E-state index contributed by atoms with van der Waals surface area (Å²) in [4.78, 5) is 12.5. The van der Waals surface area contributed by atoms with Gasteiger partial charge < -0.3 is 14.5 Å². The van der Waals surface area contributed by atoms with Crippen molar-refractivity contribution >= 4 is 5.95 Å². The van der Waals surface area contributed by atoms with Crippen LogP contribution in [0.5, 0.6) is 6.01 Å². The third-order valence-electron chi connectivity index (χ3n) is 1.96. The van der Waals surface area contributed by atoms with Crippen LogP contribution in [-0.2, 0) is 0 Å². The van der Waals surface area contributed by atoms with Crippen molar-refractivity contribution in [2.75, 3.05) is 18.5 Å². The van der Waals surface area contributed by atoms with Gasteiger partial charge in [0.25, 0.3) is 0 Å². The maximum Gasteiger partial charge on any atom is 0.321 e. The summed E-state index contributed by atoms with van der Waals surface area (Å²) >= 11 is 0. The van der Waals surface area contributed by atoms with Crippen LogP contribution in [0, 0.1) is 0 Å². The number of hydrogen-bond acceptors (Lipinski definition) is 6. The fraction of sp³-hybridized carbons (Fsp3) is 0.364. The normalized spacial score (nSPS) is 10.2. The number of aromatic nitrogens is 3. The SMILES string of the molecule is CCNc1nc(OCC)nc(-c2ccco2)n1. The van der Waals surface area contributed by atoms with Gasteiger partial charge in [-0.15, -0.1) is 0 Å². The molecule has 0 unspecified atom stereocenters. The summed E-state index contributed by atoms with van der Waals surface area (Å²) in [5, 5.41) is 3.02. The summed E-state index contributed by atoms with van der Waals surface area (Å²) in [6, 6.07) is 3.87. The van der Waals surface area contributed by atoms with Crippen molar-refractivity contribution < 1.29 is 9.15 Å². The van der Waals surface area contributed by atoms with E-state index >= 15 is 0 Å². The first-order chi connectivity index (χ1) is 8.33. The van der Waals surface area contributed by atoms with Crippen molar-refractivity contribution in [3.05, 3.63) is 18.4 Å². The summed E-state index contributed by atoms with van der Waals surface area (Å²) in [6.45, 7) is 5.08. The largest absolute Gasteiger partial charge is 0.464 e. The summed E-state index contributed by atoms with van der Waals surface area (Å²) in [5.74, 6) is 1.54. The van der Waals surface area contributed by atoms with E-state index in [0.717, 1.165) is 6.54 Å². The molecule has 0 saturated heterocycles. The summed E-state index contributed by atoms with van der Waals surface area (Å²) in [6.07, 6.45) is 1.58. The van der Waals surface area contributed by atoms with Gasteiger partial charge in [0.05, 0.1) is 12.9 Å². The quantitative estimate of drug-likeness (QED) is 0.852. The van der Waals surface area contributed by atoms with E-state index in [1.165, 1.54) is 0 Å². The van der Waals surface area contributed by atoms with Gasteiger partial charge in [-0.3, -0.25) is 0 Å². The number of hydrogen-bond donors (Lipinski definition) is 1. The molecule has 0 saturated carbocycles. The van der Waals surface area contributed by atoms with Crippen LogP contribution in [0.3, 0.4) is 0 Å². The smallest absolute Gasteiger partial charge is 0.321 e. The van der Waals surface area contributed by atoms with Gasteiger partial charge in [0, 0.05) is 6.54 Å². The van der Waals surface area contributed by atoms with Crippen molar-refractivity contribution in [1.29, 1.82) is 0 Å². The van der Waals surface area contributed by atoms with Crippen molar-refractivity contribution in [2.24, 2.45) is 0 Å². The summed E-state index contributed by atoms with van der Waals surface area (Å²) < 4.78 is 10.5. The maximum absolute atomic E-state index is 5.29. The molecule has 0 atom stereocenters. The van der Waals surface area contributed by atoms with Crippen LogP contribution in [0.4, 0.5) is 5.95 Å². The predicted octanol–water partition coefficient (Wildman–Crippen LogP) is 1.96. The Morgan fingerprint density at radius 1 is 1.29 bits per heavy atom. The van der Waals surface area contributed by atoms with Gasteiger partial charge in [-0.25, -0.2) is 0 Å². The Kier molecular flexibility index (Phi) is 3.54. The lowest BCUT2D eigenvalue weighted by Crippen LogP contribution is -2.07. The molecule has 0 aliphatic rings. The topological polar surface area (TPSA) is 73.1 Å². The van der Waals surface area contributed by atoms with Gasteiger partial charge in [-0.05, 0) is 26.0 Å². The van der Waals surface area contributed by atoms with Gasteiger partial charge in [-0.1, -0.05) is 0 Å². The molecular formula is C11H14N4O2. The third kappa shape index (κ3) is 2.72. The zero-order chi connectivity index (χ0) is 12.1. The standard InChI is InChI=1S/C11H14N4O2/c1-3-12-10-13-9(8-6-5-7-17-8)14-11(15-10)16-4-2/h5-7H,3-4H2,1-2H3,(H,12,13,14,15). The Morgan fingerprint density at radius 2 is 2.18 bits per heavy atom. The lowest BCUT2D eigenvalue weighted by atomic mass is 10.4. The van der Waals surface area contributed by atoms with Crippen molar-refractivity contribution in [3.63, 3.8) is 0 Å². The second-order valence-electron chi connectivity index (χ2n) is 3.21. The highest BCUT2D eigenvalue weighted by Crippen LogP contribution is 2.18. The molecule has 2 rings (SSSR count). The minimum Gasteiger partial charge on any atom is -0.464 e. The van der Waals surface area contributed by atoms with E-state index in [4.69, 9.17) is 9.15 Å². The monoisotopic (exact) mass is 234 g/mol. The van der Waals surface area contributed by atoms with Crippen LogP contribution in [0.25, 0.3) is 11.6 Å². The Balaban J connectivity index is 2.37. The van der Waals surface area contributed by atoms with Crippen LogP contribution < -0.4 is 10.1 Å². The molecule has 0 spiro atoms. The van der Waals surface area contributed by atoms with Crippen molar-refractivity contribution in [1.82, 2.24) is 15.0 Å². The molecule has 2 aromatic heterocycles. The Hall–Kier alpha value is -2.11. The first kappa shape index (κ1) is 11.4. The Morgan fingerprint density at radius 3 is 2.82 bits per heavy atom. The molecule has 6 heteroatoms. The van der Waals surface area contributed by atoms with Crippen LogP contribution in [0.2, 0.25) is 0 Å². The molecule has 0 radical (unpaired) electrons. The Bertz CT molecular complexity index is 446. The minimum atomic E-state index is 0.296. The number of nitrogens with one attached hydrogen (secondary N) is 1. The predicted molar refractivity (Wildman–Crippen MR) is 62.9 cm³/mol. The van der Waals surface area contributed by atoms with E-state index in [-0.39, 0.29) is 0 Å². The van der Waals surface area contributed by atoms with E-state index in [2.05, 4.69) is 20.3 Å². The van der Waals surface area contributed by atoms with E-state index in [0.29, 0.717) is 30.2 Å². The van der Waals surface area contributed by atoms with Gasteiger partial charge in [0.15, 0.2) is 5.76 Å². The first-order valence-electron chi connectivity index (χ1n) is 5.50. The molecule has 0 amide bonds. The number of nitrogens with zero attached hydrogens (tertiary/aromatic N) is 3. The molecule has 17 heavy (non-hydrogen) atoms. The lowest BCUT2D eigenvalue weighted by molar-refractivity contribution is 0.312. The van der Waals surface area contributed by atoms with E-state index in [1.807, 2.05) is 13.8 Å². The molecule has 2 aromatic rings. The first-order valence-corrected chi connectivity index (χ1v) is 5.50. The van der Waals surface area contributed by atoms with Gasteiger partial charge in [-0.2, -0.15) is 15.0 Å². The number of furan rings is 1. The van der Waals surface area contributed by atoms with Crippen LogP contribution in [0.1, 0.15) is 13.8 Å². The molecule has 6 nitrogen and oxygen atoms in total. The zero-order valence-corrected chi connectivity index (χ0v) is 9.80. The van der Waals surface area contributed by atoms with Crippen LogP contribution in [-0.4, -0.2) is 28.1 Å². The molecule has 90 valence electrons. The van der Waals surface area contributed by atoms with Crippen LogP contribution >= 0.6 is 0 Å². The molecule has 0 aromatic carbocycles. The zero-order valence-electron chi connectivity index (χ0n) is 9.80.